The van der Waals surface area contributed by atoms with Crippen molar-refractivity contribution in [3.63, 3.8) is 0 Å². The Morgan fingerprint density at radius 3 is 2.32 bits per heavy atom. The summed E-state index contributed by atoms with van der Waals surface area (Å²) in [5, 5.41) is 0. The molecule has 2 aromatic carbocycles. The molecular formula is C18H22ClF2N3O3S. The molecule has 0 bridgehead atoms. The largest absolute Gasteiger partial charge is 0.378 e. The van der Waals surface area contributed by atoms with Gasteiger partial charge in [-0.25, -0.2) is 17.4 Å². The van der Waals surface area contributed by atoms with E-state index in [1.807, 2.05) is 19.0 Å². The van der Waals surface area contributed by atoms with Crippen molar-refractivity contribution in [3.05, 3.63) is 54.1 Å². The second kappa shape index (κ2) is 9.04. The van der Waals surface area contributed by atoms with E-state index in [2.05, 4.69) is 0 Å². The molecule has 1 aliphatic heterocycles. The first-order valence-corrected chi connectivity index (χ1v) is 9.81. The van der Waals surface area contributed by atoms with Gasteiger partial charge in [0.2, 0.25) is 0 Å². The smallest absolute Gasteiger partial charge is 0.331 e. The number of hydrogen-bond donors (Lipinski definition) is 0. The number of rotatable bonds is 7. The molecule has 0 aliphatic carbocycles. The number of hydrogen-bond acceptors (Lipinski definition) is 4. The summed E-state index contributed by atoms with van der Waals surface area (Å²) in [4.78, 5) is 1.96. The van der Waals surface area contributed by atoms with Gasteiger partial charge in [0.05, 0.1) is 36.8 Å². The van der Waals surface area contributed by atoms with Gasteiger partial charge >= 0.3 is 10.2 Å². The summed E-state index contributed by atoms with van der Waals surface area (Å²) in [6.07, 6.45) is 0. The van der Waals surface area contributed by atoms with E-state index in [1.54, 1.807) is 24.3 Å². The Labute approximate surface area is 169 Å². The lowest BCUT2D eigenvalue weighted by molar-refractivity contribution is 0.124. The highest BCUT2D eigenvalue weighted by molar-refractivity contribution is 7.95. The molecule has 6 nitrogen and oxygen atoms in total. The molecule has 0 spiro atoms. The minimum atomic E-state index is -4.07. The van der Waals surface area contributed by atoms with Crippen LogP contribution in [0.3, 0.4) is 0 Å². The van der Waals surface area contributed by atoms with E-state index >= 15 is 0 Å². The van der Waals surface area contributed by atoms with Gasteiger partial charge in [-0.2, -0.15) is 8.42 Å². The maximum Gasteiger partial charge on any atom is 0.331 e. The summed E-state index contributed by atoms with van der Waals surface area (Å²) >= 11 is 0. The van der Waals surface area contributed by atoms with Crippen LogP contribution >= 0.6 is 12.4 Å². The number of para-hydroxylation sites is 2. The number of nitrogens with zero attached hydrogens (tertiary/aromatic N) is 3. The molecule has 0 fully saturated rings. The van der Waals surface area contributed by atoms with Gasteiger partial charge in [0.15, 0.2) is 5.82 Å². The summed E-state index contributed by atoms with van der Waals surface area (Å²) in [5.41, 5.74) is 0.522. The molecule has 154 valence electrons. The maximum atomic E-state index is 14.3. The normalized spacial score (nSPS) is 14.9. The molecule has 1 aliphatic rings. The number of fused-ring (bicyclic) bond motifs is 1. The van der Waals surface area contributed by atoms with Crippen LogP contribution in [0.25, 0.3) is 0 Å². The van der Waals surface area contributed by atoms with Crippen LogP contribution in [0, 0.1) is 11.6 Å². The lowest BCUT2D eigenvalue weighted by Crippen LogP contribution is -2.38. The van der Waals surface area contributed by atoms with Crippen LogP contribution in [0.2, 0.25) is 0 Å². The molecule has 0 saturated heterocycles. The number of likely N-dealkylation sites (N-methyl/N-ethyl adjacent to an activating group) is 1. The van der Waals surface area contributed by atoms with E-state index in [0.717, 1.165) is 23.0 Å². The fraction of sp³-hybridized carbons (Fsp3) is 0.333. The Morgan fingerprint density at radius 2 is 1.68 bits per heavy atom. The third-order valence-electron chi connectivity index (χ3n) is 4.13. The average molecular weight is 434 g/mol. The zero-order valence-electron chi connectivity index (χ0n) is 15.5. The van der Waals surface area contributed by atoms with E-state index < -0.39 is 21.8 Å². The lowest BCUT2D eigenvalue weighted by Gasteiger charge is -2.22. The number of benzene rings is 2. The van der Waals surface area contributed by atoms with Crippen molar-refractivity contribution in [2.75, 3.05) is 49.0 Å². The van der Waals surface area contributed by atoms with Crippen LogP contribution in [0.5, 0.6) is 0 Å². The van der Waals surface area contributed by atoms with Crippen molar-refractivity contribution in [2.24, 2.45) is 0 Å². The van der Waals surface area contributed by atoms with Crippen molar-refractivity contribution in [1.29, 1.82) is 0 Å². The molecule has 0 unspecified atom stereocenters. The van der Waals surface area contributed by atoms with E-state index in [-0.39, 0.29) is 31.2 Å². The fourth-order valence-corrected chi connectivity index (χ4v) is 4.53. The third kappa shape index (κ3) is 4.38. The minimum absolute atomic E-state index is 0. The summed E-state index contributed by atoms with van der Waals surface area (Å²) in [6, 6.07) is 9.43. The Morgan fingerprint density at radius 1 is 1.00 bits per heavy atom. The summed E-state index contributed by atoms with van der Waals surface area (Å²) < 4.78 is 61.3. The Bertz CT molecular complexity index is 928. The maximum absolute atomic E-state index is 14.3. The van der Waals surface area contributed by atoms with Gasteiger partial charge in [0, 0.05) is 12.6 Å². The first-order chi connectivity index (χ1) is 12.8. The van der Waals surface area contributed by atoms with Gasteiger partial charge in [-0.15, -0.1) is 12.4 Å². The molecule has 10 heteroatoms. The minimum Gasteiger partial charge on any atom is -0.378 e. The van der Waals surface area contributed by atoms with Gasteiger partial charge in [-0.05, 0) is 38.4 Å². The zero-order valence-corrected chi connectivity index (χ0v) is 17.1. The Hall–Kier alpha value is -1.94. The van der Waals surface area contributed by atoms with E-state index in [0.29, 0.717) is 24.0 Å². The second-order valence-corrected chi connectivity index (χ2v) is 8.05. The Balaban J connectivity index is 0.00000280. The predicted octanol–water partition coefficient (Wildman–Crippen LogP) is 3.17. The summed E-state index contributed by atoms with van der Waals surface area (Å²) in [5.74, 6) is -1.72. The topological polar surface area (TPSA) is 53.1 Å². The first kappa shape index (κ1) is 22.4. The molecule has 3 rings (SSSR count). The standard InChI is InChI=1S/C18H21F2N3O3S.ClH/c1-21(2)9-11-26-12-10-22-17-5-3-4-6-18(17)23(27(22,24)25)16-8-7-14(19)13-15(16)20;/h3-8,13H,9-12H2,1-2H3;1H. The highest BCUT2D eigenvalue weighted by Gasteiger charge is 2.42. The summed E-state index contributed by atoms with van der Waals surface area (Å²) in [7, 11) is -0.232. The highest BCUT2D eigenvalue weighted by Crippen LogP contribution is 2.45. The van der Waals surface area contributed by atoms with Crippen LogP contribution in [0.15, 0.2) is 42.5 Å². The van der Waals surface area contributed by atoms with Gasteiger partial charge in [-0.3, -0.25) is 0 Å². The van der Waals surface area contributed by atoms with Crippen molar-refractivity contribution < 1.29 is 21.9 Å². The quantitative estimate of drug-likeness (QED) is 0.629. The van der Waals surface area contributed by atoms with Crippen molar-refractivity contribution in [1.82, 2.24) is 4.90 Å². The van der Waals surface area contributed by atoms with E-state index in [4.69, 9.17) is 4.74 Å². The van der Waals surface area contributed by atoms with Crippen LogP contribution in [-0.4, -0.2) is 53.7 Å². The first-order valence-electron chi connectivity index (χ1n) is 8.42. The van der Waals surface area contributed by atoms with Crippen LogP contribution in [-0.2, 0) is 14.9 Å². The lowest BCUT2D eigenvalue weighted by atomic mass is 10.2. The monoisotopic (exact) mass is 433 g/mol. The zero-order chi connectivity index (χ0) is 19.6. The predicted molar refractivity (Wildman–Crippen MR) is 108 cm³/mol. The third-order valence-corrected chi connectivity index (χ3v) is 5.92. The molecule has 0 saturated carbocycles. The molecule has 0 radical (unpaired) electrons. The van der Waals surface area contributed by atoms with Crippen LogP contribution in [0.1, 0.15) is 0 Å². The molecule has 0 aromatic heterocycles. The van der Waals surface area contributed by atoms with Crippen LogP contribution in [0.4, 0.5) is 25.8 Å². The highest BCUT2D eigenvalue weighted by atomic mass is 35.5. The van der Waals surface area contributed by atoms with Crippen molar-refractivity contribution in [3.8, 4) is 0 Å². The molecule has 0 atom stereocenters. The second-order valence-electron chi connectivity index (χ2n) is 6.34. The van der Waals surface area contributed by atoms with Gasteiger partial charge in [0.1, 0.15) is 5.82 Å². The molecule has 1 heterocycles. The van der Waals surface area contributed by atoms with Gasteiger partial charge in [0.25, 0.3) is 0 Å². The molecular weight excluding hydrogens is 412 g/mol. The van der Waals surface area contributed by atoms with Crippen molar-refractivity contribution >= 4 is 39.7 Å². The molecule has 0 amide bonds. The SMILES string of the molecule is CN(C)CCOCCN1c2ccccc2N(c2ccc(F)cc2F)S1(=O)=O.Cl. The summed E-state index contributed by atoms with van der Waals surface area (Å²) in [6.45, 7) is 1.47. The number of anilines is 3. The van der Waals surface area contributed by atoms with Crippen LogP contribution < -0.4 is 8.61 Å². The fourth-order valence-electron chi connectivity index (χ4n) is 2.83. The molecule has 0 N–H and O–H groups in total. The van der Waals surface area contributed by atoms with Crippen molar-refractivity contribution in [2.45, 2.75) is 0 Å². The van der Waals surface area contributed by atoms with Gasteiger partial charge in [-0.1, -0.05) is 12.1 Å². The van der Waals surface area contributed by atoms with E-state index in [9.17, 15) is 17.2 Å². The number of ether oxygens (including phenoxy) is 1. The number of halogens is 3. The Kier molecular flexibility index (Phi) is 7.22. The molecule has 2 aromatic rings. The molecule has 28 heavy (non-hydrogen) atoms. The van der Waals surface area contributed by atoms with Gasteiger partial charge < -0.3 is 9.64 Å². The average Bonchev–Trinajstić information content (AvgIpc) is 2.82. The van der Waals surface area contributed by atoms with E-state index in [1.165, 1.54) is 4.31 Å².